The van der Waals surface area contributed by atoms with Gasteiger partial charge in [0.2, 0.25) is 0 Å². The van der Waals surface area contributed by atoms with Gasteiger partial charge in [0, 0.05) is 30.5 Å². The highest BCUT2D eigenvalue weighted by Crippen LogP contribution is 2.14. The van der Waals surface area contributed by atoms with E-state index in [1.165, 1.54) is 5.69 Å². The zero-order chi connectivity index (χ0) is 13.9. The smallest absolute Gasteiger partial charge is 0.115 e. The van der Waals surface area contributed by atoms with Gasteiger partial charge in [0.15, 0.2) is 0 Å². The molecule has 3 heteroatoms. The van der Waals surface area contributed by atoms with Crippen molar-refractivity contribution in [3.05, 3.63) is 53.9 Å². The van der Waals surface area contributed by atoms with Gasteiger partial charge >= 0.3 is 0 Å². The van der Waals surface area contributed by atoms with E-state index in [2.05, 4.69) is 49.0 Å². The summed E-state index contributed by atoms with van der Waals surface area (Å²) in [7, 11) is 0. The van der Waals surface area contributed by atoms with E-state index in [0.717, 1.165) is 18.7 Å². The maximum absolute atomic E-state index is 9.50. The van der Waals surface area contributed by atoms with Crippen LogP contribution < -0.4 is 5.32 Å². The normalized spacial score (nSPS) is 11.7. The number of phenols is 1. The van der Waals surface area contributed by atoms with E-state index in [4.69, 9.17) is 0 Å². The van der Waals surface area contributed by atoms with Crippen molar-refractivity contribution < 1.29 is 5.11 Å². The third-order valence-electron chi connectivity index (χ3n) is 2.99. The van der Waals surface area contributed by atoms with Crippen molar-refractivity contribution in [3.8, 4) is 5.75 Å². The molecule has 0 bridgehead atoms. The van der Waals surface area contributed by atoms with Crippen LogP contribution in [-0.2, 0) is 13.1 Å². The van der Waals surface area contributed by atoms with Gasteiger partial charge in [0.05, 0.1) is 0 Å². The second-order valence-corrected chi connectivity index (χ2v) is 5.90. The Balaban J connectivity index is 2.07. The molecule has 0 aliphatic carbocycles. The first-order chi connectivity index (χ1) is 8.94. The summed E-state index contributed by atoms with van der Waals surface area (Å²) in [5, 5.41) is 13.0. The summed E-state index contributed by atoms with van der Waals surface area (Å²) in [4.78, 5) is 0. The number of phenolic OH excluding ortho intramolecular Hbond substituents is 1. The van der Waals surface area contributed by atoms with Crippen LogP contribution in [0, 0.1) is 0 Å². The number of rotatable bonds is 4. The molecule has 0 saturated heterocycles. The molecule has 2 N–H and O–H groups in total. The largest absolute Gasteiger partial charge is 0.508 e. The van der Waals surface area contributed by atoms with E-state index in [9.17, 15) is 5.11 Å². The summed E-state index contributed by atoms with van der Waals surface area (Å²) in [6.45, 7) is 8.11. The zero-order valence-electron chi connectivity index (χ0n) is 11.9. The number of aromatic nitrogens is 1. The highest BCUT2D eigenvalue weighted by molar-refractivity contribution is 5.27. The van der Waals surface area contributed by atoms with Gasteiger partial charge in [-0.05, 0) is 50.6 Å². The van der Waals surface area contributed by atoms with Crippen LogP contribution in [0.4, 0.5) is 0 Å². The van der Waals surface area contributed by atoms with Gasteiger partial charge in [-0.1, -0.05) is 12.1 Å². The number of nitrogens with one attached hydrogen (secondary N) is 1. The quantitative estimate of drug-likeness (QED) is 0.884. The number of hydrogen-bond donors (Lipinski definition) is 2. The van der Waals surface area contributed by atoms with Gasteiger partial charge in [0.1, 0.15) is 5.75 Å². The van der Waals surface area contributed by atoms with Crippen molar-refractivity contribution in [2.45, 2.75) is 39.4 Å². The summed E-state index contributed by atoms with van der Waals surface area (Å²) < 4.78 is 2.20. The van der Waals surface area contributed by atoms with Gasteiger partial charge in [0.25, 0.3) is 0 Å². The predicted molar refractivity (Wildman–Crippen MR) is 78.2 cm³/mol. The van der Waals surface area contributed by atoms with Crippen LogP contribution in [0.5, 0.6) is 5.75 Å². The first-order valence-corrected chi connectivity index (χ1v) is 6.61. The Labute approximate surface area is 114 Å². The van der Waals surface area contributed by atoms with Crippen molar-refractivity contribution in [1.82, 2.24) is 9.88 Å². The molecular formula is C16H22N2O. The first kappa shape index (κ1) is 13.7. The highest BCUT2D eigenvalue weighted by atomic mass is 16.3. The molecule has 1 heterocycles. The van der Waals surface area contributed by atoms with Crippen LogP contribution >= 0.6 is 0 Å². The lowest BCUT2D eigenvalue weighted by Crippen LogP contribution is -2.35. The minimum Gasteiger partial charge on any atom is -0.508 e. The van der Waals surface area contributed by atoms with E-state index >= 15 is 0 Å². The van der Waals surface area contributed by atoms with Crippen LogP contribution in [0.1, 0.15) is 32.0 Å². The molecule has 0 unspecified atom stereocenters. The molecule has 0 fully saturated rings. The molecular weight excluding hydrogens is 236 g/mol. The molecule has 0 aliphatic heterocycles. The zero-order valence-corrected chi connectivity index (χ0v) is 11.9. The molecule has 0 radical (unpaired) electrons. The molecule has 0 spiro atoms. The lowest BCUT2D eigenvalue weighted by atomic mass is 10.1. The number of hydrogen-bond acceptors (Lipinski definition) is 2. The number of nitrogens with zero attached hydrogens (tertiary/aromatic N) is 1. The Morgan fingerprint density at radius 2 is 1.95 bits per heavy atom. The average Bonchev–Trinajstić information content (AvgIpc) is 2.73. The second-order valence-electron chi connectivity index (χ2n) is 5.90. The van der Waals surface area contributed by atoms with Gasteiger partial charge in [-0.3, -0.25) is 0 Å². The van der Waals surface area contributed by atoms with E-state index < -0.39 is 0 Å². The fraction of sp³-hybridized carbons (Fsp3) is 0.375. The Hall–Kier alpha value is -1.74. The highest BCUT2D eigenvalue weighted by Gasteiger charge is 2.10. The SMILES string of the molecule is CC(C)(C)NCc1cccn1Cc1cccc(O)c1. The maximum atomic E-state index is 9.50. The van der Waals surface area contributed by atoms with E-state index in [1.54, 1.807) is 12.1 Å². The van der Waals surface area contributed by atoms with Gasteiger partial charge in [-0.2, -0.15) is 0 Å². The average molecular weight is 258 g/mol. The lowest BCUT2D eigenvalue weighted by molar-refractivity contribution is 0.417. The first-order valence-electron chi connectivity index (χ1n) is 6.61. The molecule has 1 aromatic carbocycles. The summed E-state index contributed by atoms with van der Waals surface area (Å²) >= 11 is 0. The van der Waals surface area contributed by atoms with Crippen LogP contribution in [0.15, 0.2) is 42.6 Å². The van der Waals surface area contributed by atoms with Crippen molar-refractivity contribution in [2.75, 3.05) is 0 Å². The van der Waals surface area contributed by atoms with Gasteiger partial charge < -0.3 is 15.0 Å². The van der Waals surface area contributed by atoms with E-state index in [1.807, 2.05) is 12.1 Å². The molecule has 0 saturated carbocycles. The Morgan fingerprint density at radius 3 is 2.63 bits per heavy atom. The Morgan fingerprint density at radius 1 is 1.16 bits per heavy atom. The molecule has 0 amide bonds. The minimum atomic E-state index is 0.111. The summed E-state index contributed by atoms with van der Waals surface area (Å²) in [5.74, 6) is 0.319. The topological polar surface area (TPSA) is 37.2 Å². The second kappa shape index (κ2) is 5.49. The standard InChI is InChI=1S/C16H22N2O/c1-16(2,3)17-11-14-7-5-9-18(14)12-13-6-4-8-15(19)10-13/h4-10,17,19H,11-12H2,1-3H3. The third-order valence-corrected chi connectivity index (χ3v) is 2.99. The van der Waals surface area contributed by atoms with Crippen LogP contribution in [0.2, 0.25) is 0 Å². The van der Waals surface area contributed by atoms with Gasteiger partial charge in [-0.15, -0.1) is 0 Å². The van der Waals surface area contributed by atoms with E-state index in [-0.39, 0.29) is 5.54 Å². The van der Waals surface area contributed by atoms with E-state index in [0.29, 0.717) is 5.75 Å². The number of benzene rings is 1. The Bertz CT molecular complexity index is 538. The van der Waals surface area contributed by atoms with Crippen molar-refractivity contribution in [1.29, 1.82) is 0 Å². The molecule has 1 aromatic heterocycles. The third kappa shape index (κ3) is 4.14. The summed E-state index contributed by atoms with van der Waals surface area (Å²) in [6, 6.07) is 11.6. The van der Waals surface area contributed by atoms with Crippen LogP contribution in [0.3, 0.4) is 0 Å². The summed E-state index contributed by atoms with van der Waals surface area (Å²) in [6.07, 6.45) is 2.07. The monoisotopic (exact) mass is 258 g/mol. The molecule has 19 heavy (non-hydrogen) atoms. The lowest BCUT2D eigenvalue weighted by Gasteiger charge is -2.21. The van der Waals surface area contributed by atoms with Crippen LogP contribution in [-0.4, -0.2) is 15.2 Å². The molecule has 3 nitrogen and oxygen atoms in total. The number of aromatic hydroxyl groups is 1. The fourth-order valence-electron chi connectivity index (χ4n) is 1.97. The van der Waals surface area contributed by atoms with Crippen molar-refractivity contribution >= 4 is 0 Å². The van der Waals surface area contributed by atoms with Crippen LogP contribution in [0.25, 0.3) is 0 Å². The fourth-order valence-corrected chi connectivity index (χ4v) is 1.97. The molecule has 102 valence electrons. The predicted octanol–water partition coefficient (Wildman–Crippen LogP) is 3.13. The minimum absolute atomic E-state index is 0.111. The summed E-state index contributed by atoms with van der Waals surface area (Å²) in [5.41, 5.74) is 2.46. The maximum Gasteiger partial charge on any atom is 0.115 e. The Kier molecular flexibility index (Phi) is 3.96. The van der Waals surface area contributed by atoms with Crippen molar-refractivity contribution in [2.24, 2.45) is 0 Å². The van der Waals surface area contributed by atoms with Crippen molar-refractivity contribution in [3.63, 3.8) is 0 Å². The molecule has 2 rings (SSSR count). The molecule has 2 aromatic rings. The molecule has 0 aliphatic rings. The van der Waals surface area contributed by atoms with Gasteiger partial charge in [-0.25, -0.2) is 0 Å². The molecule has 0 atom stereocenters.